The van der Waals surface area contributed by atoms with Gasteiger partial charge in [-0.1, -0.05) is 13.0 Å². The summed E-state index contributed by atoms with van der Waals surface area (Å²) >= 11 is 0. The molecular formula is C18H18F2N2O4. The lowest BCUT2D eigenvalue weighted by Crippen LogP contribution is -2.45. The Hall–Kier alpha value is -2.84. The van der Waals surface area contributed by atoms with Gasteiger partial charge in [-0.2, -0.15) is 0 Å². The third-order valence-corrected chi connectivity index (χ3v) is 4.10. The molecule has 2 rings (SSSR count). The third-order valence-electron chi connectivity index (χ3n) is 4.10. The Kier molecular flexibility index (Phi) is 5.69. The van der Waals surface area contributed by atoms with Crippen LogP contribution in [-0.2, 0) is 11.2 Å². The molecule has 0 radical (unpaired) electrons. The molecule has 0 heterocycles. The van der Waals surface area contributed by atoms with Gasteiger partial charge in [-0.05, 0) is 54.3 Å². The number of benzene rings is 2. The van der Waals surface area contributed by atoms with Crippen molar-refractivity contribution in [3.8, 4) is 5.75 Å². The van der Waals surface area contributed by atoms with Crippen molar-refractivity contribution in [1.82, 2.24) is 5.01 Å². The standard InChI is InChI=1S/C18H18F2N2O4/c1-3-11-9(2)15(23)7-5-12(11)17(25)22(21)18(26)16(24)10-4-6-13(19)14(20)8-10/h4-8,16,23-24H,3,21H2,1-2H3. The van der Waals surface area contributed by atoms with Gasteiger partial charge >= 0.3 is 0 Å². The van der Waals surface area contributed by atoms with Gasteiger partial charge in [-0.15, -0.1) is 0 Å². The van der Waals surface area contributed by atoms with Crippen molar-refractivity contribution in [2.45, 2.75) is 26.4 Å². The Morgan fingerprint density at radius 1 is 1.19 bits per heavy atom. The number of hydrazine groups is 1. The lowest BCUT2D eigenvalue weighted by Gasteiger charge is -2.21. The first kappa shape index (κ1) is 19.5. The number of hydrogen-bond donors (Lipinski definition) is 3. The Morgan fingerprint density at radius 2 is 1.85 bits per heavy atom. The fourth-order valence-corrected chi connectivity index (χ4v) is 2.59. The molecule has 0 saturated heterocycles. The average molecular weight is 364 g/mol. The number of aliphatic hydroxyl groups excluding tert-OH is 1. The summed E-state index contributed by atoms with van der Waals surface area (Å²) < 4.78 is 26.2. The van der Waals surface area contributed by atoms with E-state index in [1.54, 1.807) is 13.8 Å². The molecule has 6 nitrogen and oxygen atoms in total. The molecule has 8 heteroatoms. The fraction of sp³-hybridized carbons (Fsp3) is 0.222. The molecule has 0 aliphatic carbocycles. The first-order chi connectivity index (χ1) is 12.2. The average Bonchev–Trinajstić information content (AvgIpc) is 2.63. The van der Waals surface area contributed by atoms with E-state index in [-0.39, 0.29) is 21.9 Å². The van der Waals surface area contributed by atoms with Crippen LogP contribution in [0.1, 0.15) is 40.1 Å². The second kappa shape index (κ2) is 7.59. The summed E-state index contributed by atoms with van der Waals surface area (Å²) in [4.78, 5) is 24.8. The van der Waals surface area contributed by atoms with Gasteiger partial charge in [-0.3, -0.25) is 9.59 Å². The number of carbonyl (C=O) groups excluding carboxylic acids is 2. The maximum absolute atomic E-state index is 13.3. The van der Waals surface area contributed by atoms with Crippen LogP contribution < -0.4 is 5.84 Å². The monoisotopic (exact) mass is 364 g/mol. The second-order valence-electron chi connectivity index (χ2n) is 5.68. The van der Waals surface area contributed by atoms with Crippen molar-refractivity contribution in [1.29, 1.82) is 0 Å². The van der Waals surface area contributed by atoms with Crippen LogP contribution in [-0.4, -0.2) is 27.0 Å². The topological polar surface area (TPSA) is 104 Å². The van der Waals surface area contributed by atoms with Gasteiger partial charge in [0.2, 0.25) is 0 Å². The fourth-order valence-electron chi connectivity index (χ4n) is 2.59. The first-order valence-corrected chi connectivity index (χ1v) is 7.76. The molecule has 0 saturated carbocycles. The molecule has 1 unspecified atom stereocenters. The highest BCUT2D eigenvalue weighted by Gasteiger charge is 2.29. The molecule has 2 aromatic carbocycles. The number of rotatable bonds is 4. The van der Waals surface area contributed by atoms with Crippen molar-refractivity contribution in [3.63, 3.8) is 0 Å². The molecule has 2 aromatic rings. The summed E-state index contributed by atoms with van der Waals surface area (Å²) in [5.41, 5.74) is 0.826. The summed E-state index contributed by atoms with van der Waals surface area (Å²) in [7, 11) is 0. The van der Waals surface area contributed by atoms with Crippen LogP contribution in [0.3, 0.4) is 0 Å². The first-order valence-electron chi connectivity index (χ1n) is 7.76. The molecule has 0 aliphatic rings. The number of hydrogen-bond acceptors (Lipinski definition) is 5. The van der Waals surface area contributed by atoms with Crippen molar-refractivity contribution in [2.75, 3.05) is 0 Å². The molecule has 0 bridgehead atoms. The van der Waals surface area contributed by atoms with Gasteiger partial charge in [0, 0.05) is 5.56 Å². The highest BCUT2D eigenvalue weighted by molar-refractivity contribution is 6.06. The minimum absolute atomic E-state index is 0.00452. The largest absolute Gasteiger partial charge is 0.508 e. The van der Waals surface area contributed by atoms with Gasteiger partial charge in [0.1, 0.15) is 5.75 Å². The zero-order valence-electron chi connectivity index (χ0n) is 14.2. The Morgan fingerprint density at radius 3 is 2.42 bits per heavy atom. The quantitative estimate of drug-likeness (QED) is 0.438. The Labute approximate surface area is 148 Å². The number of aromatic hydroxyl groups is 1. The van der Waals surface area contributed by atoms with E-state index in [0.29, 0.717) is 23.6 Å². The molecule has 4 N–H and O–H groups in total. The predicted molar refractivity (Wildman–Crippen MR) is 88.9 cm³/mol. The van der Waals surface area contributed by atoms with Gasteiger partial charge in [0.25, 0.3) is 11.8 Å². The number of nitrogens with zero attached hydrogens (tertiary/aromatic N) is 1. The smallest absolute Gasteiger partial charge is 0.277 e. The van der Waals surface area contributed by atoms with E-state index in [2.05, 4.69) is 0 Å². The van der Waals surface area contributed by atoms with Crippen LogP contribution in [0.5, 0.6) is 5.75 Å². The molecule has 1 atom stereocenters. The highest BCUT2D eigenvalue weighted by atomic mass is 19.2. The second-order valence-corrected chi connectivity index (χ2v) is 5.68. The van der Waals surface area contributed by atoms with E-state index in [1.807, 2.05) is 0 Å². The summed E-state index contributed by atoms with van der Waals surface area (Å²) in [5, 5.41) is 20.0. The van der Waals surface area contributed by atoms with Gasteiger partial charge < -0.3 is 10.2 Å². The predicted octanol–water partition coefficient (Wildman–Crippen LogP) is 2.12. The number of carbonyl (C=O) groups is 2. The Balaban J connectivity index is 2.31. The summed E-state index contributed by atoms with van der Waals surface area (Å²) in [6.07, 6.45) is -1.54. The van der Waals surface area contributed by atoms with Crippen LogP contribution in [0.4, 0.5) is 8.78 Å². The minimum atomic E-state index is -1.94. The molecule has 0 spiro atoms. The van der Waals surface area contributed by atoms with E-state index in [9.17, 15) is 28.6 Å². The maximum atomic E-state index is 13.3. The van der Waals surface area contributed by atoms with Gasteiger partial charge in [0.05, 0.1) is 0 Å². The number of imide groups is 1. The normalized spacial score (nSPS) is 11.9. The number of nitrogens with two attached hydrogens (primary N) is 1. The number of aliphatic hydroxyl groups is 1. The van der Waals surface area contributed by atoms with Gasteiger partial charge in [-0.25, -0.2) is 19.6 Å². The molecule has 2 amide bonds. The molecule has 26 heavy (non-hydrogen) atoms. The van der Waals surface area contributed by atoms with Crippen LogP contribution >= 0.6 is 0 Å². The summed E-state index contributed by atoms with van der Waals surface area (Å²) in [6, 6.07) is 5.04. The summed E-state index contributed by atoms with van der Waals surface area (Å²) in [6.45, 7) is 3.38. The zero-order valence-corrected chi connectivity index (χ0v) is 14.2. The molecule has 0 aliphatic heterocycles. The number of amides is 2. The Bertz CT molecular complexity index is 871. The number of phenolic OH excluding ortho intramolecular Hbond substituents is 1. The lowest BCUT2D eigenvalue weighted by molar-refractivity contribution is -0.138. The van der Waals surface area contributed by atoms with Crippen molar-refractivity contribution in [2.24, 2.45) is 5.84 Å². The summed E-state index contributed by atoms with van der Waals surface area (Å²) in [5.74, 6) is 1.08. The van der Waals surface area contributed by atoms with E-state index in [0.717, 1.165) is 12.1 Å². The number of phenols is 1. The van der Waals surface area contributed by atoms with E-state index >= 15 is 0 Å². The zero-order chi connectivity index (χ0) is 19.6. The molecular weight excluding hydrogens is 346 g/mol. The van der Waals surface area contributed by atoms with Crippen molar-refractivity contribution >= 4 is 11.8 Å². The van der Waals surface area contributed by atoms with E-state index in [4.69, 9.17) is 5.84 Å². The van der Waals surface area contributed by atoms with Crippen LogP contribution in [0, 0.1) is 18.6 Å². The van der Waals surface area contributed by atoms with Gasteiger partial charge in [0.15, 0.2) is 17.7 Å². The number of halogens is 2. The van der Waals surface area contributed by atoms with E-state index < -0.39 is 29.6 Å². The maximum Gasteiger partial charge on any atom is 0.277 e. The third kappa shape index (κ3) is 3.56. The molecule has 0 aromatic heterocycles. The van der Waals surface area contributed by atoms with Crippen LogP contribution in [0.2, 0.25) is 0 Å². The highest BCUT2D eigenvalue weighted by Crippen LogP contribution is 2.26. The molecule has 0 fully saturated rings. The van der Waals surface area contributed by atoms with Crippen molar-refractivity contribution < 1.29 is 28.6 Å². The van der Waals surface area contributed by atoms with Crippen LogP contribution in [0.25, 0.3) is 0 Å². The van der Waals surface area contributed by atoms with E-state index in [1.165, 1.54) is 12.1 Å². The van der Waals surface area contributed by atoms with Crippen LogP contribution in [0.15, 0.2) is 30.3 Å². The minimum Gasteiger partial charge on any atom is -0.508 e. The van der Waals surface area contributed by atoms with Crippen molar-refractivity contribution in [3.05, 3.63) is 64.2 Å². The SMILES string of the molecule is CCc1c(C(=O)N(N)C(=O)C(O)c2ccc(F)c(F)c2)ccc(O)c1C. The molecule has 138 valence electrons. The lowest BCUT2D eigenvalue weighted by atomic mass is 9.98.